The quantitative estimate of drug-likeness (QED) is 0.0120. The Morgan fingerprint density at radius 3 is 0.776 bits per heavy atom. The van der Waals surface area contributed by atoms with Crippen LogP contribution < -0.4 is 0 Å². The van der Waals surface area contributed by atoms with Crippen LogP contribution in [0.1, 0.15) is 422 Å². The number of benzene rings is 2. The van der Waals surface area contributed by atoms with Crippen molar-refractivity contribution in [3.63, 3.8) is 0 Å². The second-order valence-electron chi connectivity index (χ2n) is 26.0. The second kappa shape index (κ2) is 69.3. The Morgan fingerprint density at radius 2 is 0.541 bits per heavy atom. The molecule has 0 saturated carbocycles. The number of hydrogen-bond acceptors (Lipinski definition) is 0. The van der Waals surface area contributed by atoms with E-state index >= 15 is 0 Å². The summed E-state index contributed by atoms with van der Waals surface area (Å²) in [5, 5.41) is 0. The largest absolute Gasteiger partial charge is 2.00 e. The standard InChI is InChI=1S/C40H60N2.2C21H43.Ni/c1-6-11-16-18-22-35-28-36(23-19-17-12-7-2)32-39(31-35)40(37(24-15-10-5)25-26-42-41)38-29-33(20-13-8-3)27-34(30-38)21-14-9-4;2*1-3-5-7-9-11-13-15-17-19-21-20-18-16-14-12-10-8-6-4-2;/h25,27-32H,6-24H2,1-5H3;2*1,3-21H2,2H3;/q;2*-1;+2. The van der Waals surface area contributed by atoms with Crippen molar-refractivity contribution in [3.8, 4) is 0 Å². The summed E-state index contributed by atoms with van der Waals surface area (Å²) in [6, 6.07) is 14.8. The predicted octanol–water partition coefficient (Wildman–Crippen LogP) is 28.6. The molecular formula is C82H146N2Ni. The van der Waals surface area contributed by atoms with Crippen molar-refractivity contribution in [1.82, 2.24) is 0 Å². The maximum absolute atomic E-state index is 9.38. The summed E-state index contributed by atoms with van der Waals surface area (Å²) in [7, 11) is 0. The van der Waals surface area contributed by atoms with E-state index < -0.39 is 0 Å². The molecule has 494 valence electrons. The van der Waals surface area contributed by atoms with Crippen molar-refractivity contribution in [2.24, 2.45) is 0 Å². The number of unbranched alkanes of at least 4 members (excludes halogenated alkanes) is 45. The van der Waals surface area contributed by atoms with Gasteiger partial charge in [-0.25, -0.2) is 0 Å². The Hall–Kier alpha value is -2.17. The van der Waals surface area contributed by atoms with Crippen LogP contribution >= 0.6 is 0 Å². The Kier molecular flexibility index (Phi) is 69.2. The minimum absolute atomic E-state index is 0. The molecule has 0 fully saturated rings. The average molecular weight is 1220 g/mol. The molecule has 2 nitrogen and oxygen atoms in total. The van der Waals surface area contributed by atoms with Gasteiger partial charge in [0.1, 0.15) is 0 Å². The molecule has 0 bridgehead atoms. The monoisotopic (exact) mass is 1220 g/mol. The first-order chi connectivity index (χ1) is 41.4. The molecule has 2 rings (SSSR count). The van der Waals surface area contributed by atoms with Gasteiger partial charge >= 0.3 is 16.5 Å². The normalized spacial score (nSPS) is 11.3. The van der Waals surface area contributed by atoms with Crippen molar-refractivity contribution >= 4 is 11.4 Å². The third-order valence-corrected chi connectivity index (χ3v) is 17.6. The molecule has 0 atom stereocenters. The molecule has 0 amide bonds. The van der Waals surface area contributed by atoms with Gasteiger partial charge in [-0.1, -0.05) is 374 Å². The molecule has 0 aliphatic rings. The average Bonchev–Trinajstić information content (AvgIpc) is 3.64. The summed E-state index contributed by atoms with van der Waals surface area (Å²) in [5.41, 5.74) is 20.4. The van der Waals surface area contributed by atoms with E-state index in [9.17, 15) is 5.53 Å². The van der Waals surface area contributed by atoms with Crippen LogP contribution in [0.25, 0.3) is 11.1 Å². The van der Waals surface area contributed by atoms with E-state index in [0.29, 0.717) is 0 Å². The summed E-state index contributed by atoms with van der Waals surface area (Å²) < 4.78 is 0. The predicted molar refractivity (Wildman–Crippen MR) is 382 cm³/mol. The zero-order valence-electron chi connectivity index (χ0n) is 58.5. The molecule has 0 N–H and O–H groups in total. The molecule has 0 unspecified atom stereocenters. The number of allylic oxidation sites excluding steroid dienone is 2. The van der Waals surface area contributed by atoms with Crippen molar-refractivity contribution in [3.05, 3.63) is 101 Å². The van der Waals surface area contributed by atoms with Gasteiger partial charge in [-0.15, -0.1) is 4.79 Å². The molecule has 2 aromatic rings. The van der Waals surface area contributed by atoms with Gasteiger partial charge in [0.05, 0.1) is 6.08 Å². The molecule has 0 radical (unpaired) electrons. The van der Waals surface area contributed by atoms with Gasteiger partial charge in [0.15, 0.2) is 0 Å². The van der Waals surface area contributed by atoms with Gasteiger partial charge < -0.3 is 19.4 Å². The third-order valence-electron chi connectivity index (χ3n) is 17.6. The van der Waals surface area contributed by atoms with Crippen LogP contribution in [0.3, 0.4) is 0 Å². The van der Waals surface area contributed by atoms with Crippen molar-refractivity contribution in [2.45, 2.75) is 414 Å². The van der Waals surface area contributed by atoms with Crippen LogP contribution in [0.15, 0.2) is 48.0 Å². The summed E-state index contributed by atoms with van der Waals surface area (Å²) in [4.78, 5) is 3.28. The van der Waals surface area contributed by atoms with Crippen LogP contribution in [0.2, 0.25) is 0 Å². The van der Waals surface area contributed by atoms with E-state index in [2.05, 4.69) is 109 Å². The van der Waals surface area contributed by atoms with Crippen LogP contribution in [0.4, 0.5) is 0 Å². The molecular weight excluding hydrogens is 1070 g/mol. The van der Waals surface area contributed by atoms with Gasteiger partial charge in [0.25, 0.3) is 5.87 Å². The maximum Gasteiger partial charge on any atom is 2.00 e. The molecule has 0 spiro atoms. The molecule has 0 aliphatic carbocycles. The van der Waals surface area contributed by atoms with Crippen LogP contribution in [-0.2, 0) is 42.2 Å². The third kappa shape index (κ3) is 54.5. The Labute approximate surface area is 544 Å². The number of rotatable bonds is 58. The van der Waals surface area contributed by atoms with Gasteiger partial charge in [0.2, 0.25) is 0 Å². The van der Waals surface area contributed by atoms with Gasteiger partial charge in [0, 0.05) is 0 Å². The minimum Gasteiger partial charge on any atom is -0.348 e. The van der Waals surface area contributed by atoms with E-state index in [1.165, 1.54) is 353 Å². The maximum atomic E-state index is 9.38. The van der Waals surface area contributed by atoms with Crippen LogP contribution in [0.5, 0.6) is 0 Å². The molecule has 2 aromatic carbocycles. The Bertz CT molecular complexity index is 1660. The van der Waals surface area contributed by atoms with E-state index in [0.717, 1.165) is 57.8 Å². The molecule has 0 saturated heterocycles. The zero-order chi connectivity index (χ0) is 61.3. The molecule has 0 aliphatic heterocycles. The van der Waals surface area contributed by atoms with Crippen LogP contribution in [0, 0.1) is 13.8 Å². The Morgan fingerprint density at radius 1 is 0.318 bits per heavy atom. The van der Waals surface area contributed by atoms with Gasteiger partial charge in [-0.2, -0.15) is 12.8 Å². The summed E-state index contributed by atoms with van der Waals surface area (Å²) in [6.45, 7) is 23.8. The second-order valence-corrected chi connectivity index (χ2v) is 26.0. The van der Waals surface area contributed by atoms with E-state index in [1.54, 1.807) is 0 Å². The smallest absolute Gasteiger partial charge is 0.348 e. The Balaban J connectivity index is 0. The van der Waals surface area contributed by atoms with Crippen molar-refractivity contribution in [2.75, 3.05) is 0 Å². The number of aryl methyl sites for hydroxylation is 4. The van der Waals surface area contributed by atoms with Gasteiger partial charge in [-0.3, -0.25) is 0 Å². The first-order valence-electron chi connectivity index (χ1n) is 37.9. The molecule has 0 aromatic heterocycles. The van der Waals surface area contributed by atoms with Crippen molar-refractivity contribution in [1.29, 1.82) is 0 Å². The fraction of sp³-hybridized carbons (Fsp3) is 0.780. The van der Waals surface area contributed by atoms with E-state index in [1.807, 2.05) is 6.08 Å². The SMILES string of the molecule is CCCCCCc1cc(CCCCCC)cc(C(=C(C=C=[N+]=[N-])CCCC)c2cc(CCCC)cc(CCCC)c2)c1.[CH2-]CCCCCCCCCCCCCCCCCCCC.[CH2-]CCCCCCCCCCCCCCCCCCCC.[Ni+2]. The first kappa shape index (κ1) is 84.9. The van der Waals surface area contributed by atoms with Gasteiger partial charge in [-0.05, 0) is 109 Å². The number of nitrogens with zero attached hydrogens (tertiary/aromatic N) is 2. The van der Waals surface area contributed by atoms with E-state index in [-0.39, 0.29) is 16.5 Å². The van der Waals surface area contributed by atoms with Crippen molar-refractivity contribution < 1.29 is 21.3 Å². The summed E-state index contributed by atoms with van der Waals surface area (Å²) >= 11 is 0. The van der Waals surface area contributed by atoms with E-state index in [4.69, 9.17) is 0 Å². The summed E-state index contributed by atoms with van der Waals surface area (Å²) in [6.07, 6.45) is 79.3. The zero-order valence-corrected chi connectivity index (χ0v) is 59.5. The first-order valence-corrected chi connectivity index (χ1v) is 37.9. The molecule has 3 heteroatoms. The number of hydrogen-bond donors (Lipinski definition) is 0. The summed E-state index contributed by atoms with van der Waals surface area (Å²) in [5.74, 6) is 2.80. The fourth-order valence-electron chi connectivity index (χ4n) is 12.1. The topological polar surface area (TPSA) is 36.4 Å². The molecule has 85 heavy (non-hydrogen) atoms. The molecule has 0 heterocycles. The fourth-order valence-corrected chi connectivity index (χ4v) is 12.1. The minimum atomic E-state index is 0. The van der Waals surface area contributed by atoms with Crippen LogP contribution in [-0.4, -0.2) is 10.7 Å².